The Bertz CT molecular complexity index is 803. The number of hydrogen-bond acceptors (Lipinski definition) is 3. The smallest absolute Gasteiger partial charge is 0.253 e. The van der Waals surface area contributed by atoms with Crippen LogP contribution in [0.5, 0.6) is 5.75 Å². The van der Waals surface area contributed by atoms with Crippen molar-refractivity contribution in [2.45, 2.75) is 12.8 Å². The second kappa shape index (κ2) is 8.87. The Labute approximate surface area is 162 Å². The van der Waals surface area contributed by atoms with Gasteiger partial charge in [0.1, 0.15) is 5.75 Å². The SMILES string of the molecule is COc1cccc(/C(=C\CN(C)C)c2ccc(C(=O)N3CCCC3)cc2)c1. The molecule has 1 heterocycles. The normalized spacial score (nSPS) is 14.7. The summed E-state index contributed by atoms with van der Waals surface area (Å²) in [6.07, 6.45) is 4.43. The van der Waals surface area contributed by atoms with E-state index in [0.29, 0.717) is 0 Å². The van der Waals surface area contributed by atoms with Gasteiger partial charge in [0.05, 0.1) is 7.11 Å². The van der Waals surface area contributed by atoms with Crippen LogP contribution in [0.3, 0.4) is 0 Å². The molecule has 142 valence electrons. The predicted octanol–water partition coefficient (Wildman–Crippen LogP) is 3.92. The van der Waals surface area contributed by atoms with Crippen LogP contribution in [0.4, 0.5) is 0 Å². The molecule has 27 heavy (non-hydrogen) atoms. The van der Waals surface area contributed by atoms with E-state index < -0.39 is 0 Å². The van der Waals surface area contributed by atoms with E-state index in [0.717, 1.165) is 60.5 Å². The van der Waals surface area contributed by atoms with E-state index >= 15 is 0 Å². The summed E-state index contributed by atoms with van der Waals surface area (Å²) in [5.74, 6) is 0.975. The van der Waals surface area contributed by atoms with E-state index in [-0.39, 0.29) is 5.91 Å². The molecule has 2 aromatic carbocycles. The Morgan fingerprint density at radius 3 is 2.33 bits per heavy atom. The van der Waals surface area contributed by atoms with Crippen molar-refractivity contribution in [2.75, 3.05) is 40.8 Å². The first kappa shape index (κ1) is 19.2. The van der Waals surface area contributed by atoms with Gasteiger partial charge >= 0.3 is 0 Å². The molecule has 1 saturated heterocycles. The van der Waals surface area contributed by atoms with Crippen molar-refractivity contribution in [3.8, 4) is 5.75 Å². The highest BCUT2D eigenvalue weighted by Gasteiger charge is 2.19. The van der Waals surface area contributed by atoms with Crippen LogP contribution in [0.15, 0.2) is 54.6 Å². The molecule has 0 atom stereocenters. The van der Waals surface area contributed by atoms with E-state index in [1.165, 1.54) is 0 Å². The van der Waals surface area contributed by atoms with Crippen LogP contribution in [0, 0.1) is 0 Å². The van der Waals surface area contributed by atoms with Crippen LogP contribution in [0.2, 0.25) is 0 Å². The van der Waals surface area contributed by atoms with Crippen molar-refractivity contribution in [1.29, 1.82) is 0 Å². The summed E-state index contributed by atoms with van der Waals surface area (Å²) in [4.78, 5) is 16.7. The zero-order valence-electron chi connectivity index (χ0n) is 16.4. The van der Waals surface area contributed by atoms with Gasteiger partial charge in [-0.3, -0.25) is 4.79 Å². The topological polar surface area (TPSA) is 32.8 Å². The molecule has 1 amide bonds. The van der Waals surface area contributed by atoms with Gasteiger partial charge in [0.2, 0.25) is 0 Å². The molecule has 1 aliphatic rings. The fraction of sp³-hybridized carbons (Fsp3) is 0.348. The third-order valence-corrected chi connectivity index (χ3v) is 4.88. The standard InChI is InChI=1S/C23H28N2O2/c1-24(2)16-13-22(20-7-6-8-21(17-20)27-3)18-9-11-19(12-10-18)23(26)25-14-4-5-15-25/h6-13,17H,4-5,14-16H2,1-3H3/b22-13-. The second-order valence-corrected chi connectivity index (χ2v) is 7.19. The molecule has 4 nitrogen and oxygen atoms in total. The van der Waals surface area contributed by atoms with Gasteiger partial charge in [-0.25, -0.2) is 0 Å². The van der Waals surface area contributed by atoms with Crippen molar-refractivity contribution >= 4 is 11.5 Å². The predicted molar refractivity (Wildman–Crippen MR) is 110 cm³/mol. The van der Waals surface area contributed by atoms with Crippen LogP contribution in [-0.2, 0) is 0 Å². The Balaban J connectivity index is 1.90. The Morgan fingerprint density at radius 2 is 1.70 bits per heavy atom. The average molecular weight is 364 g/mol. The number of likely N-dealkylation sites (N-methyl/N-ethyl adjacent to an activating group) is 1. The molecule has 3 rings (SSSR count). The summed E-state index contributed by atoms with van der Waals surface area (Å²) in [6, 6.07) is 16.1. The highest BCUT2D eigenvalue weighted by Crippen LogP contribution is 2.27. The van der Waals surface area contributed by atoms with Gasteiger partial charge in [-0.2, -0.15) is 0 Å². The fourth-order valence-electron chi connectivity index (χ4n) is 3.36. The molecule has 2 aromatic rings. The number of carbonyl (C=O) groups is 1. The van der Waals surface area contributed by atoms with E-state index in [1.54, 1.807) is 7.11 Å². The van der Waals surface area contributed by atoms with Crippen LogP contribution < -0.4 is 4.74 Å². The monoisotopic (exact) mass is 364 g/mol. The molecule has 0 saturated carbocycles. The lowest BCUT2D eigenvalue weighted by molar-refractivity contribution is 0.0793. The van der Waals surface area contributed by atoms with Crippen molar-refractivity contribution in [2.24, 2.45) is 0 Å². The zero-order valence-corrected chi connectivity index (χ0v) is 16.4. The summed E-state index contributed by atoms with van der Waals surface area (Å²) in [7, 11) is 5.79. The lowest BCUT2D eigenvalue weighted by Crippen LogP contribution is -2.27. The van der Waals surface area contributed by atoms with Gasteiger partial charge in [-0.15, -0.1) is 0 Å². The maximum absolute atomic E-state index is 12.6. The Morgan fingerprint density at radius 1 is 1.04 bits per heavy atom. The molecule has 0 radical (unpaired) electrons. The van der Waals surface area contributed by atoms with Crippen molar-refractivity contribution < 1.29 is 9.53 Å². The molecular formula is C23H28N2O2. The minimum Gasteiger partial charge on any atom is -0.497 e. The number of benzene rings is 2. The molecule has 0 aromatic heterocycles. The third kappa shape index (κ3) is 4.77. The number of carbonyl (C=O) groups excluding carboxylic acids is 1. The van der Waals surface area contributed by atoms with Crippen LogP contribution >= 0.6 is 0 Å². The minimum absolute atomic E-state index is 0.138. The van der Waals surface area contributed by atoms with Crippen molar-refractivity contribution in [1.82, 2.24) is 9.80 Å². The lowest BCUT2D eigenvalue weighted by Gasteiger charge is -2.16. The summed E-state index contributed by atoms with van der Waals surface area (Å²) in [5, 5.41) is 0. The van der Waals surface area contributed by atoms with E-state index in [2.05, 4.69) is 31.1 Å². The van der Waals surface area contributed by atoms with Crippen molar-refractivity contribution in [3.05, 3.63) is 71.3 Å². The first-order chi connectivity index (χ1) is 13.1. The molecule has 0 bridgehead atoms. The molecule has 1 fully saturated rings. The van der Waals surface area contributed by atoms with Gasteiger partial charge in [-0.1, -0.05) is 30.3 Å². The molecule has 0 N–H and O–H groups in total. The Kier molecular flexibility index (Phi) is 6.30. The number of nitrogens with zero attached hydrogens (tertiary/aromatic N) is 2. The van der Waals surface area contributed by atoms with E-state index in [1.807, 2.05) is 47.4 Å². The summed E-state index contributed by atoms with van der Waals surface area (Å²) in [5.41, 5.74) is 4.11. The molecule has 1 aliphatic heterocycles. The van der Waals surface area contributed by atoms with E-state index in [4.69, 9.17) is 4.74 Å². The second-order valence-electron chi connectivity index (χ2n) is 7.19. The quantitative estimate of drug-likeness (QED) is 0.779. The number of rotatable bonds is 6. The highest BCUT2D eigenvalue weighted by atomic mass is 16.5. The largest absolute Gasteiger partial charge is 0.497 e. The fourth-order valence-corrected chi connectivity index (χ4v) is 3.36. The molecule has 0 aliphatic carbocycles. The van der Waals surface area contributed by atoms with Crippen molar-refractivity contribution in [3.63, 3.8) is 0 Å². The summed E-state index contributed by atoms with van der Waals surface area (Å²) in [6.45, 7) is 2.58. The number of amides is 1. The number of hydrogen-bond donors (Lipinski definition) is 0. The molecular weight excluding hydrogens is 336 g/mol. The van der Waals surface area contributed by atoms with Crippen LogP contribution in [-0.4, -0.2) is 56.5 Å². The average Bonchev–Trinajstić information content (AvgIpc) is 3.23. The highest BCUT2D eigenvalue weighted by molar-refractivity contribution is 5.95. The minimum atomic E-state index is 0.138. The van der Waals surface area contributed by atoms with Crippen LogP contribution in [0.1, 0.15) is 34.3 Å². The maximum Gasteiger partial charge on any atom is 0.253 e. The Hall–Kier alpha value is -2.59. The first-order valence-corrected chi connectivity index (χ1v) is 9.47. The van der Waals surface area contributed by atoms with Gasteiger partial charge in [0.25, 0.3) is 5.91 Å². The lowest BCUT2D eigenvalue weighted by atomic mass is 9.96. The van der Waals surface area contributed by atoms with Gasteiger partial charge in [0.15, 0.2) is 0 Å². The number of likely N-dealkylation sites (tertiary alicyclic amines) is 1. The number of ether oxygens (including phenoxy) is 1. The van der Waals surface area contributed by atoms with Gasteiger partial charge in [0, 0.05) is 25.2 Å². The maximum atomic E-state index is 12.6. The van der Waals surface area contributed by atoms with Gasteiger partial charge in [-0.05, 0) is 67.9 Å². The summed E-state index contributed by atoms with van der Waals surface area (Å²) >= 11 is 0. The first-order valence-electron chi connectivity index (χ1n) is 9.47. The molecule has 0 unspecified atom stereocenters. The molecule has 4 heteroatoms. The summed E-state index contributed by atoms with van der Waals surface area (Å²) < 4.78 is 5.39. The third-order valence-electron chi connectivity index (χ3n) is 4.88. The zero-order chi connectivity index (χ0) is 19.2. The number of methoxy groups -OCH3 is 1. The van der Waals surface area contributed by atoms with E-state index in [9.17, 15) is 4.79 Å². The van der Waals surface area contributed by atoms with Gasteiger partial charge < -0.3 is 14.5 Å². The molecule has 0 spiro atoms. The van der Waals surface area contributed by atoms with Crippen LogP contribution in [0.25, 0.3) is 5.57 Å².